The molecule has 1 amide bonds. The van der Waals surface area contributed by atoms with Gasteiger partial charge < -0.3 is 15.6 Å². The monoisotopic (exact) mass is 197 g/mol. The van der Waals surface area contributed by atoms with E-state index in [1.807, 2.05) is 11.6 Å². The molecular weight excluding hydrogens is 182 g/mol. The topological polar surface area (TPSA) is 85.8 Å². The summed E-state index contributed by atoms with van der Waals surface area (Å²) >= 11 is 0. The zero-order valence-electron chi connectivity index (χ0n) is 8.23. The number of nitrogens with two attached hydrogens (primary N) is 1. The molecule has 0 spiro atoms. The maximum absolute atomic E-state index is 10.4. The minimum Gasteiger partial charge on any atom is -0.370 e. The van der Waals surface area contributed by atoms with E-state index >= 15 is 0 Å². The van der Waals surface area contributed by atoms with Crippen molar-refractivity contribution in [3.05, 3.63) is 12.2 Å². The van der Waals surface area contributed by atoms with Gasteiger partial charge in [-0.15, -0.1) is 10.2 Å². The first-order chi connectivity index (χ1) is 6.70. The third kappa shape index (κ3) is 3.53. The standard InChI is InChI=1S/C8H15N5O/c1-13-6-11-12-8(13)5-10-4-2-3-7(9)14/h6,10H,2-5H2,1H3,(H2,9,14). The highest BCUT2D eigenvalue weighted by Crippen LogP contribution is 1.91. The summed E-state index contributed by atoms with van der Waals surface area (Å²) in [6, 6.07) is 0. The summed E-state index contributed by atoms with van der Waals surface area (Å²) < 4.78 is 1.85. The Balaban J connectivity index is 2.10. The molecule has 14 heavy (non-hydrogen) atoms. The second-order valence-electron chi connectivity index (χ2n) is 3.10. The predicted octanol–water partition coefficient (Wildman–Crippen LogP) is -0.830. The Hall–Kier alpha value is -1.43. The van der Waals surface area contributed by atoms with Gasteiger partial charge in [0.25, 0.3) is 0 Å². The van der Waals surface area contributed by atoms with Crippen LogP contribution in [0.3, 0.4) is 0 Å². The molecule has 0 bridgehead atoms. The Morgan fingerprint density at radius 1 is 1.71 bits per heavy atom. The van der Waals surface area contributed by atoms with Crippen molar-refractivity contribution in [3.63, 3.8) is 0 Å². The Kier molecular flexibility index (Phi) is 4.06. The molecule has 0 saturated heterocycles. The number of carbonyl (C=O) groups excluding carboxylic acids is 1. The van der Waals surface area contributed by atoms with Crippen LogP contribution >= 0.6 is 0 Å². The van der Waals surface area contributed by atoms with Crippen LogP contribution in [0.25, 0.3) is 0 Å². The second kappa shape index (κ2) is 5.33. The molecule has 0 aromatic carbocycles. The predicted molar refractivity (Wildman–Crippen MR) is 51.1 cm³/mol. The molecule has 0 aliphatic rings. The van der Waals surface area contributed by atoms with Gasteiger partial charge in [0.05, 0.1) is 6.54 Å². The lowest BCUT2D eigenvalue weighted by Crippen LogP contribution is -2.19. The number of amides is 1. The van der Waals surface area contributed by atoms with E-state index in [0.29, 0.717) is 13.0 Å². The van der Waals surface area contributed by atoms with Crippen molar-refractivity contribution >= 4 is 5.91 Å². The smallest absolute Gasteiger partial charge is 0.217 e. The normalized spacial score (nSPS) is 10.4. The van der Waals surface area contributed by atoms with Gasteiger partial charge in [0.2, 0.25) is 5.91 Å². The molecule has 78 valence electrons. The largest absolute Gasteiger partial charge is 0.370 e. The van der Waals surface area contributed by atoms with E-state index in [-0.39, 0.29) is 5.91 Å². The maximum Gasteiger partial charge on any atom is 0.217 e. The fourth-order valence-corrected chi connectivity index (χ4v) is 1.05. The molecule has 0 aliphatic heterocycles. The fourth-order valence-electron chi connectivity index (χ4n) is 1.05. The lowest BCUT2D eigenvalue weighted by molar-refractivity contribution is -0.118. The van der Waals surface area contributed by atoms with Crippen LogP contribution in [0.15, 0.2) is 6.33 Å². The van der Waals surface area contributed by atoms with E-state index < -0.39 is 0 Å². The molecule has 1 aromatic rings. The zero-order valence-corrected chi connectivity index (χ0v) is 8.23. The first-order valence-electron chi connectivity index (χ1n) is 4.52. The van der Waals surface area contributed by atoms with E-state index in [0.717, 1.165) is 18.8 Å². The summed E-state index contributed by atoms with van der Waals surface area (Å²) in [6.07, 6.45) is 2.83. The highest BCUT2D eigenvalue weighted by molar-refractivity contribution is 5.73. The minimum atomic E-state index is -0.259. The summed E-state index contributed by atoms with van der Waals surface area (Å²) in [5.74, 6) is 0.620. The van der Waals surface area contributed by atoms with Gasteiger partial charge in [0.15, 0.2) is 0 Å². The number of carbonyl (C=O) groups is 1. The van der Waals surface area contributed by atoms with Crippen molar-refractivity contribution in [2.45, 2.75) is 19.4 Å². The molecule has 3 N–H and O–H groups in total. The third-order valence-corrected chi connectivity index (χ3v) is 1.86. The average molecular weight is 197 g/mol. The Labute approximate surface area is 82.5 Å². The van der Waals surface area contributed by atoms with Gasteiger partial charge in [-0.1, -0.05) is 0 Å². The fraction of sp³-hybridized carbons (Fsp3) is 0.625. The first-order valence-corrected chi connectivity index (χ1v) is 4.52. The van der Waals surface area contributed by atoms with Crippen LogP contribution in [0, 0.1) is 0 Å². The van der Waals surface area contributed by atoms with Gasteiger partial charge in [0, 0.05) is 13.5 Å². The number of aryl methyl sites for hydroxylation is 1. The average Bonchev–Trinajstić information content (AvgIpc) is 2.51. The molecule has 1 aromatic heterocycles. The molecule has 6 nitrogen and oxygen atoms in total. The molecule has 0 aliphatic carbocycles. The lowest BCUT2D eigenvalue weighted by Gasteiger charge is -2.02. The molecular formula is C8H15N5O. The lowest BCUT2D eigenvalue weighted by atomic mass is 10.3. The molecule has 0 radical (unpaired) electrons. The van der Waals surface area contributed by atoms with Crippen molar-refractivity contribution in [1.82, 2.24) is 20.1 Å². The number of nitrogens with zero attached hydrogens (tertiary/aromatic N) is 3. The van der Waals surface area contributed by atoms with Gasteiger partial charge in [-0.2, -0.15) is 0 Å². The Bertz CT molecular complexity index is 296. The SMILES string of the molecule is Cn1cnnc1CNCCCC(N)=O. The van der Waals surface area contributed by atoms with Crippen LogP contribution in [-0.2, 0) is 18.4 Å². The van der Waals surface area contributed by atoms with Crippen LogP contribution in [0.5, 0.6) is 0 Å². The van der Waals surface area contributed by atoms with E-state index in [1.165, 1.54) is 0 Å². The van der Waals surface area contributed by atoms with Crippen molar-refractivity contribution in [2.24, 2.45) is 12.8 Å². The Morgan fingerprint density at radius 3 is 3.07 bits per heavy atom. The molecule has 1 heterocycles. The quantitative estimate of drug-likeness (QED) is 0.583. The summed E-state index contributed by atoms with van der Waals surface area (Å²) in [7, 11) is 1.89. The van der Waals surface area contributed by atoms with E-state index in [2.05, 4.69) is 15.5 Å². The Morgan fingerprint density at radius 2 is 2.50 bits per heavy atom. The number of hydrogen-bond acceptors (Lipinski definition) is 4. The van der Waals surface area contributed by atoms with Gasteiger partial charge >= 0.3 is 0 Å². The highest BCUT2D eigenvalue weighted by Gasteiger charge is 1.99. The van der Waals surface area contributed by atoms with Crippen LogP contribution in [0.4, 0.5) is 0 Å². The van der Waals surface area contributed by atoms with Crippen molar-refractivity contribution in [2.75, 3.05) is 6.54 Å². The van der Waals surface area contributed by atoms with Crippen molar-refractivity contribution in [3.8, 4) is 0 Å². The maximum atomic E-state index is 10.4. The zero-order chi connectivity index (χ0) is 10.4. The summed E-state index contributed by atoms with van der Waals surface area (Å²) in [4.78, 5) is 10.4. The van der Waals surface area contributed by atoms with E-state index in [4.69, 9.17) is 5.73 Å². The van der Waals surface area contributed by atoms with Crippen molar-refractivity contribution in [1.29, 1.82) is 0 Å². The van der Waals surface area contributed by atoms with Crippen molar-refractivity contribution < 1.29 is 4.79 Å². The number of nitrogens with one attached hydrogen (secondary N) is 1. The second-order valence-corrected chi connectivity index (χ2v) is 3.10. The number of primary amides is 1. The van der Waals surface area contributed by atoms with E-state index in [1.54, 1.807) is 6.33 Å². The van der Waals surface area contributed by atoms with Gasteiger partial charge in [-0.05, 0) is 13.0 Å². The summed E-state index contributed by atoms with van der Waals surface area (Å²) in [6.45, 7) is 1.42. The molecule has 6 heteroatoms. The molecule has 0 atom stereocenters. The van der Waals surface area contributed by atoms with Gasteiger partial charge in [-0.25, -0.2) is 0 Å². The summed E-state index contributed by atoms with van der Waals surface area (Å²) in [5.41, 5.74) is 5.00. The molecule has 1 rings (SSSR count). The number of rotatable bonds is 6. The van der Waals surface area contributed by atoms with Crippen LogP contribution in [0.2, 0.25) is 0 Å². The molecule has 0 fully saturated rings. The van der Waals surface area contributed by atoms with E-state index in [9.17, 15) is 4.79 Å². The van der Waals surface area contributed by atoms with Gasteiger partial charge in [-0.3, -0.25) is 4.79 Å². The number of hydrogen-bond donors (Lipinski definition) is 2. The first kappa shape index (κ1) is 10.6. The molecule has 0 saturated carbocycles. The van der Waals surface area contributed by atoms with Crippen LogP contribution in [-0.4, -0.2) is 27.2 Å². The van der Waals surface area contributed by atoms with Crippen LogP contribution in [0.1, 0.15) is 18.7 Å². The highest BCUT2D eigenvalue weighted by atomic mass is 16.1. The summed E-state index contributed by atoms with van der Waals surface area (Å²) in [5, 5.41) is 10.8. The third-order valence-electron chi connectivity index (χ3n) is 1.86. The van der Waals surface area contributed by atoms with Crippen LogP contribution < -0.4 is 11.1 Å². The van der Waals surface area contributed by atoms with Gasteiger partial charge in [0.1, 0.15) is 12.2 Å². The minimum absolute atomic E-state index is 0.259. The number of aromatic nitrogens is 3. The molecule has 0 unspecified atom stereocenters.